The molecule has 0 fully saturated rings. The van der Waals surface area contributed by atoms with Gasteiger partial charge in [-0.15, -0.1) is 0 Å². The van der Waals surface area contributed by atoms with Crippen LogP contribution in [-0.4, -0.2) is 49.7 Å². The summed E-state index contributed by atoms with van der Waals surface area (Å²) in [6, 6.07) is 10.9. The molecular weight excluding hydrogens is 431 g/mol. The van der Waals surface area contributed by atoms with E-state index in [1.807, 2.05) is 24.3 Å². The molecule has 0 spiro atoms. The Morgan fingerprint density at radius 3 is 2.53 bits per heavy atom. The summed E-state index contributed by atoms with van der Waals surface area (Å²) in [7, 11) is 0. The van der Waals surface area contributed by atoms with E-state index in [-0.39, 0.29) is 12.4 Å². The number of hydrogen-bond donors (Lipinski definition) is 4. The predicted octanol–water partition coefficient (Wildman–Crippen LogP) is 2.79. The molecule has 0 aliphatic heterocycles. The van der Waals surface area contributed by atoms with E-state index in [9.17, 15) is 14.7 Å². The SMILES string of the molecule is CC(N[C@@H](Cc1ccc(-c2cc(Cl)ccc2Cl)cc1)C(=O)Nc1nnn[nH]1)C(=O)O. The Labute approximate surface area is 181 Å². The van der Waals surface area contributed by atoms with E-state index >= 15 is 0 Å². The molecule has 0 bridgehead atoms. The Balaban J connectivity index is 1.78. The van der Waals surface area contributed by atoms with Crippen molar-refractivity contribution in [1.29, 1.82) is 0 Å². The molecule has 2 atom stereocenters. The van der Waals surface area contributed by atoms with Gasteiger partial charge in [-0.25, -0.2) is 5.10 Å². The van der Waals surface area contributed by atoms with Crippen molar-refractivity contribution in [2.75, 3.05) is 5.32 Å². The van der Waals surface area contributed by atoms with Crippen molar-refractivity contribution in [2.45, 2.75) is 25.4 Å². The van der Waals surface area contributed by atoms with E-state index in [1.165, 1.54) is 6.92 Å². The van der Waals surface area contributed by atoms with E-state index in [1.54, 1.807) is 18.2 Å². The highest BCUT2D eigenvalue weighted by Gasteiger charge is 2.24. The van der Waals surface area contributed by atoms with Crippen molar-refractivity contribution in [3.63, 3.8) is 0 Å². The second-order valence-electron chi connectivity index (χ2n) is 6.54. The van der Waals surface area contributed by atoms with Crippen LogP contribution in [0.15, 0.2) is 42.5 Å². The number of carboxylic acids is 1. The number of aromatic amines is 1. The van der Waals surface area contributed by atoms with Gasteiger partial charge in [0.05, 0.1) is 6.04 Å². The zero-order valence-electron chi connectivity index (χ0n) is 15.8. The highest BCUT2D eigenvalue weighted by atomic mass is 35.5. The Hall–Kier alpha value is -3.01. The van der Waals surface area contributed by atoms with Gasteiger partial charge < -0.3 is 5.11 Å². The number of aliphatic carboxylic acids is 1. The summed E-state index contributed by atoms with van der Waals surface area (Å²) in [5.41, 5.74) is 2.48. The van der Waals surface area contributed by atoms with Gasteiger partial charge in [0.25, 0.3) is 0 Å². The van der Waals surface area contributed by atoms with Crippen molar-refractivity contribution in [2.24, 2.45) is 0 Å². The molecule has 0 saturated carbocycles. The lowest BCUT2D eigenvalue weighted by Gasteiger charge is -2.20. The molecule has 30 heavy (non-hydrogen) atoms. The summed E-state index contributed by atoms with van der Waals surface area (Å²) in [5, 5.41) is 28.5. The normalized spacial score (nSPS) is 12.9. The number of tetrazole rings is 1. The Morgan fingerprint density at radius 1 is 1.17 bits per heavy atom. The van der Waals surface area contributed by atoms with Gasteiger partial charge in [-0.2, -0.15) is 0 Å². The maximum Gasteiger partial charge on any atom is 0.320 e. The van der Waals surface area contributed by atoms with Gasteiger partial charge in [0.2, 0.25) is 11.9 Å². The molecule has 4 N–H and O–H groups in total. The smallest absolute Gasteiger partial charge is 0.320 e. The van der Waals surface area contributed by atoms with E-state index < -0.39 is 24.0 Å². The first-order chi connectivity index (χ1) is 14.3. The molecule has 3 rings (SSSR count). The molecule has 1 aromatic heterocycles. The second-order valence-corrected chi connectivity index (χ2v) is 7.39. The molecule has 1 heterocycles. The van der Waals surface area contributed by atoms with Crippen LogP contribution in [0.1, 0.15) is 12.5 Å². The van der Waals surface area contributed by atoms with Gasteiger partial charge in [0.15, 0.2) is 0 Å². The van der Waals surface area contributed by atoms with Gasteiger partial charge in [-0.05, 0) is 53.1 Å². The van der Waals surface area contributed by atoms with Crippen LogP contribution in [0.2, 0.25) is 10.0 Å². The predicted molar refractivity (Wildman–Crippen MR) is 112 cm³/mol. The van der Waals surface area contributed by atoms with Crippen LogP contribution in [0.25, 0.3) is 11.1 Å². The minimum atomic E-state index is -1.07. The van der Waals surface area contributed by atoms with Crippen LogP contribution >= 0.6 is 23.2 Å². The molecule has 3 aromatic rings. The van der Waals surface area contributed by atoms with Gasteiger partial charge in [-0.1, -0.05) is 52.6 Å². The van der Waals surface area contributed by atoms with E-state index in [0.29, 0.717) is 10.0 Å². The van der Waals surface area contributed by atoms with Crippen molar-refractivity contribution in [3.05, 3.63) is 58.1 Å². The summed E-state index contributed by atoms with van der Waals surface area (Å²) in [6.07, 6.45) is 0.245. The zero-order chi connectivity index (χ0) is 21.7. The lowest BCUT2D eigenvalue weighted by Crippen LogP contribution is -2.49. The number of carbonyl (C=O) groups is 2. The highest BCUT2D eigenvalue weighted by molar-refractivity contribution is 6.35. The number of carboxylic acid groups (broad SMARTS) is 1. The quantitative estimate of drug-likeness (QED) is 0.416. The van der Waals surface area contributed by atoms with E-state index in [4.69, 9.17) is 23.2 Å². The summed E-state index contributed by atoms with van der Waals surface area (Å²) >= 11 is 12.3. The molecule has 0 saturated heterocycles. The third-order valence-electron chi connectivity index (χ3n) is 4.36. The van der Waals surface area contributed by atoms with Gasteiger partial charge in [-0.3, -0.25) is 20.2 Å². The Bertz CT molecular complexity index is 1030. The Kier molecular flexibility index (Phi) is 6.99. The third kappa shape index (κ3) is 5.53. The van der Waals surface area contributed by atoms with Crippen LogP contribution in [0.3, 0.4) is 0 Å². The standard InChI is InChI=1S/C19H18Cl2N6O3/c1-10(18(29)30)22-16(17(28)23-19-24-26-27-25-19)8-11-2-4-12(5-3-11)14-9-13(20)6-7-15(14)21/h2-7,9-10,16,22H,8H2,1H3,(H,29,30)(H2,23,24,25,26,27,28)/t10?,16-/m0/s1. The number of amides is 1. The number of rotatable bonds is 8. The van der Waals surface area contributed by atoms with Gasteiger partial charge in [0, 0.05) is 15.6 Å². The fraction of sp³-hybridized carbons (Fsp3) is 0.211. The maximum absolute atomic E-state index is 12.6. The lowest BCUT2D eigenvalue weighted by molar-refractivity contribution is -0.139. The summed E-state index contributed by atoms with van der Waals surface area (Å²) < 4.78 is 0. The number of nitrogens with zero attached hydrogens (tertiary/aromatic N) is 3. The lowest BCUT2D eigenvalue weighted by atomic mass is 10.00. The van der Waals surface area contributed by atoms with Crippen molar-refractivity contribution < 1.29 is 14.7 Å². The third-order valence-corrected chi connectivity index (χ3v) is 4.92. The van der Waals surface area contributed by atoms with Crippen LogP contribution in [0, 0.1) is 0 Å². The molecule has 9 nitrogen and oxygen atoms in total. The van der Waals surface area contributed by atoms with E-state index in [0.717, 1.165) is 16.7 Å². The number of halogens is 2. The maximum atomic E-state index is 12.6. The molecule has 2 aromatic carbocycles. The fourth-order valence-electron chi connectivity index (χ4n) is 2.79. The molecule has 156 valence electrons. The first kappa shape index (κ1) is 21.7. The number of anilines is 1. The molecule has 0 radical (unpaired) electrons. The summed E-state index contributed by atoms with van der Waals surface area (Å²) in [5.74, 6) is -1.47. The molecule has 0 aliphatic carbocycles. The number of aromatic nitrogens is 4. The largest absolute Gasteiger partial charge is 0.480 e. The first-order valence-corrected chi connectivity index (χ1v) is 9.67. The van der Waals surface area contributed by atoms with Crippen molar-refractivity contribution in [3.8, 4) is 11.1 Å². The van der Waals surface area contributed by atoms with E-state index in [2.05, 4.69) is 31.3 Å². The van der Waals surface area contributed by atoms with Crippen molar-refractivity contribution >= 4 is 41.0 Å². The van der Waals surface area contributed by atoms with Gasteiger partial charge in [0.1, 0.15) is 6.04 Å². The van der Waals surface area contributed by atoms with Crippen molar-refractivity contribution in [1.82, 2.24) is 25.9 Å². The minimum Gasteiger partial charge on any atom is -0.480 e. The molecule has 1 amide bonds. The zero-order valence-corrected chi connectivity index (χ0v) is 17.3. The average Bonchev–Trinajstić information content (AvgIpc) is 3.22. The van der Waals surface area contributed by atoms with Gasteiger partial charge >= 0.3 is 5.97 Å². The molecule has 1 unspecified atom stereocenters. The average molecular weight is 449 g/mol. The second kappa shape index (κ2) is 9.66. The molecular formula is C19H18Cl2N6O3. The fourth-order valence-corrected chi connectivity index (χ4v) is 3.19. The Morgan fingerprint density at radius 2 is 1.90 bits per heavy atom. The highest BCUT2D eigenvalue weighted by Crippen LogP contribution is 2.30. The minimum absolute atomic E-state index is 0.0701. The first-order valence-electron chi connectivity index (χ1n) is 8.91. The van der Waals surface area contributed by atoms with Crippen LogP contribution in [-0.2, 0) is 16.0 Å². The topological polar surface area (TPSA) is 133 Å². The van der Waals surface area contributed by atoms with Crippen LogP contribution < -0.4 is 10.6 Å². The number of hydrogen-bond acceptors (Lipinski definition) is 6. The summed E-state index contributed by atoms with van der Waals surface area (Å²) in [6.45, 7) is 1.46. The van der Waals surface area contributed by atoms with Crippen LogP contribution in [0.5, 0.6) is 0 Å². The number of carbonyl (C=O) groups excluding carboxylic acids is 1. The summed E-state index contributed by atoms with van der Waals surface area (Å²) in [4.78, 5) is 23.9. The number of benzene rings is 2. The number of nitrogens with one attached hydrogen (secondary N) is 3. The molecule has 11 heteroatoms. The number of H-pyrrole nitrogens is 1. The molecule has 0 aliphatic rings. The van der Waals surface area contributed by atoms with Crippen LogP contribution in [0.4, 0.5) is 5.95 Å². The monoisotopic (exact) mass is 448 g/mol.